The summed E-state index contributed by atoms with van der Waals surface area (Å²) in [5, 5.41) is 6.48. The molecule has 1 aromatic rings. The van der Waals surface area contributed by atoms with Crippen LogP contribution in [-0.2, 0) is 16.6 Å². The minimum absolute atomic E-state index is 0.299. The lowest BCUT2D eigenvalue weighted by Gasteiger charge is -2.13. The number of hydrogen-bond donors (Lipinski definition) is 2. The second-order valence-electron chi connectivity index (χ2n) is 5.49. The highest BCUT2D eigenvalue weighted by Crippen LogP contribution is 2.13. The summed E-state index contributed by atoms with van der Waals surface area (Å²) in [5.41, 5.74) is 0.999. The van der Waals surface area contributed by atoms with Gasteiger partial charge in [-0.3, -0.25) is 4.99 Å². The molecule has 0 unspecified atom stereocenters. The van der Waals surface area contributed by atoms with Crippen molar-refractivity contribution >= 4 is 16.0 Å². The second kappa shape index (κ2) is 9.52. The molecule has 6 nitrogen and oxygen atoms in total. The summed E-state index contributed by atoms with van der Waals surface area (Å²) in [6.45, 7) is 3.66. The van der Waals surface area contributed by atoms with E-state index < -0.39 is 10.0 Å². The highest BCUT2D eigenvalue weighted by atomic mass is 32.2. The molecular formula is C16H28N4O2S. The van der Waals surface area contributed by atoms with Crippen LogP contribution >= 0.6 is 0 Å². The van der Waals surface area contributed by atoms with Crippen LogP contribution in [-0.4, -0.2) is 46.4 Å². The van der Waals surface area contributed by atoms with Gasteiger partial charge in [0.2, 0.25) is 10.0 Å². The molecular weight excluding hydrogens is 312 g/mol. The first-order valence-corrected chi connectivity index (χ1v) is 9.31. The van der Waals surface area contributed by atoms with E-state index in [0.29, 0.717) is 11.4 Å². The predicted molar refractivity (Wildman–Crippen MR) is 95.0 cm³/mol. The van der Waals surface area contributed by atoms with Gasteiger partial charge in [0, 0.05) is 34.2 Å². The average Bonchev–Trinajstić information content (AvgIpc) is 2.54. The van der Waals surface area contributed by atoms with Crippen LogP contribution in [0.5, 0.6) is 0 Å². The number of benzene rings is 1. The molecule has 2 N–H and O–H groups in total. The van der Waals surface area contributed by atoms with Crippen molar-refractivity contribution in [1.29, 1.82) is 0 Å². The number of rotatable bonds is 8. The van der Waals surface area contributed by atoms with Gasteiger partial charge in [-0.25, -0.2) is 12.7 Å². The SMILES string of the molecule is CCCCCNC(=NC)NCc1ccc(S(=O)(=O)N(C)C)cc1. The fourth-order valence-electron chi connectivity index (χ4n) is 1.98. The normalized spacial score (nSPS) is 12.5. The molecule has 0 bridgehead atoms. The maximum Gasteiger partial charge on any atom is 0.242 e. The number of nitrogens with one attached hydrogen (secondary N) is 2. The van der Waals surface area contributed by atoms with E-state index in [-0.39, 0.29) is 0 Å². The van der Waals surface area contributed by atoms with Crippen LogP contribution in [0.3, 0.4) is 0 Å². The highest BCUT2D eigenvalue weighted by Gasteiger charge is 2.16. The van der Waals surface area contributed by atoms with Crippen LogP contribution in [0.1, 0.15) is 31.7 Å². The molecule has 0 saturated carbocycles. The van der Waals surface area contributed by atoms with Gasteiger partial charge < -0.3 is 10.6 Å². The van der Waals surface area contributed by atoms with Crippen LogP contribution in [0.25, 0.3) is 0 Å². The zero-order chi connectivity index (χ0) is 17.3. The van der Waals surface area contributed by atoms with Crippen LogP contribution in [0.2, 0.25) is 0 Å². The van der Waals surface area contributed by atoms with Crippen molar-refractivity contribution < 1.29 is 8.42 Å². The van der Waals surface area contributed by atoms with Crippen molar-refractivity contribution in [2.24, 2.45) is 4.99 Å². The Bertz CT molecular complexity index is 595. The molecule has 0 spiro atoms. The first-order chi connectivity index (χ1) is 10.9. The zero-order valence-electron chi connectivity index (χ0n) is 14.5. The van der Waals surface area contributed by atoms with E-state index in [1.54, 1.807) is 19.2 Å². The number of aliphatic imine (C=N–C) groups is 1. The topological polar surface area (TPSA) is 73.8 Å². The fraction of sp³-hybridized carbons (Fsp3) is 0.562. The van der Waals surface area contributed by atoms with Crippen LogP contribution in [0.4, 0.5) is 0 Å². The Morgan fingerprint density at radius 2 is 1.78 bits per heavy atom. The Morgan fingerprint density at radius 1 is 1.13 bits per heavy atom. The van der Waals surface area contributed by atoms with Gasteiger partial charge in [-0.1, -0.05) is 31.9 Å². The molecule has 0 aliphatic rings. The number of nitrogens with zero attached hydrogens (tertiary/aromatic N) is 2. The fourth-order valence-corrected chi connectivity index (χ4v) is 2.88. The van der Waals surface area contributed by atoms with Crippen LogP contribution in [0.15, 0.2) is 34.2 Å². The Morgan fingerprint density at radius 3 is 2.30 bits per heavy atom. The van der Waals surface area contributed by atoms with Crippen molar-refractivity contribution in [3.05, 3.63) is 29.8 Å². The summed E-state index contributed by atoms with van der Waals surface area (Å²) < 4.78 is 25.2. The van der Waals surface area contributed by atoms with Crippen molar-refractivity contribution in [3.8, 4) is 0 Å². The maximum atomic E-state index is 12.0. The standard InChI is InChI=1S/C16H28N4O2S/c1-5-6-7-12-18-16(17-2)19-13-14-8-10-15(11-9-14)23(21,22)20(3)4/h8-11H,5-7,12-13H2,1-4H3,(H2,17,18,19). The lowest BCUT2D eigenvalue weighted by Crippen LogP contribution is -2.37. The summed E-state index contributed by atoms with van der Waals surface area (Å²) in [7, 11) is 1.42. The summed E-state index contributed by atoms with van der Waals surface area (Å²) in [4.78, 5) is 4.47. The summed E-state index contributed by atoms with van der Waals surface area (Å²) >= 11 is 0. The molecule has 0 atom stereocenters. The average molecular weight is 340 g/mol. The zero-order valence-corrected chi connectivity index (χ0v) is 15.3. The van der Waals surface area contributed by atoms with E-state index in [0.717, 1.165) is 24.5 Å². The lowest BCUT2D eigenvalue weighted by atomic mass is 10.2. The van der Waals surface area contributed by atoms with Gasteiger partial charge >= 0.3 is 0 Å². The number of hydrogen-bond acceptors (Lipinski definition) is 3. The van der Waals surface area contributed by atoms with E-state index in [1.165, 1.54) is 31.2 Å². The molecule has 0 heterocycles. The Balaban J connectivity index is 2.55. The number of unbranched alkanes of at least 4 members (excludes halogenated alkanes) is 2. The van der Waals surface area contributed by atoms with Gasteiger partial charge in [-0.05, 0) is 24.1 Å². The van der Waals surface area contributed by atoms with E-state index in [1.807, 2.05) is 12.1 Å². The van der Waals surface area contributed by atoms with Gasteiger partial charge in [-0.2, -0.15) is 0 Å². The Kier molecular flexibility index (Phi) is 8.05. The highest BCUT2D eigenvalue weighted by molar-refractivity contribution is 7.89. The third-order valence-electron chi connectivity index (χ3n) is 3.46. The molecule has 0 aromatic heterocycles. The Labute approximate surface area is 140 Å². The molecule has 0 fully saturated rings. The van der Waals surface area contributed by atoms with Gasteiger partial charge in [0.05, 0.1) is 4.90 Å². The van der Waals surface area contributed by atoms with Gasteiger partial charge in [0.25, 0.3) is 0 Å². The van der Waals surface area contributed by atoms with E-state index in [2.05, 4.69) is 22.5 Å². The third kappa shape index (κ3) is 6.19. The molecule has 0 saturated heterocycles. The lowest BCUT2D eigenvalue weighted by molar-refractivity contribution is 0.520. The van der Waals surface area contributed by atoms with Gasteiger partial charge in [0.1, 0.15) is 0 Å². The van der Waals surface area contributed by atoms with Crippen LogP contribution < -0.4 is 10.6 Å². The summed E-state index contributed by atoms with van der Waals surface area (Å²) in [6.07, 6.45) is 3.51. The van der Waals surface area contributed by atoms with Crippen molar-refractivity contribution in [3.63, 3.8) is 0 Å². The Hall–Kier alpha value is -1.60. The number of guanidine groups is 1. The summed E-state index contributed by atoms with van der Waals surface area (Å²) in [5.74, 6) is 0.756. The molecule has 130 valence electrons. The largest absolute Gasteiger partial charge is 0.356 e. The van der Waals surface area contributed by atoms with E-state index in [4.69, 9.17) is 0 Å². The summed E-state index contributed by atoms with van der Waals surface area (Å²) in [6, 6.07) is 6.88. The second-order valence-corrected chi connectivity index (χ2v) is 7.64. The predicted octanol–water partition coefficient (Wildman–Crippen LogP) is 1.79. The third-order valence-corrected chi connectivity index (χ3v) is 5.29. The molecule has 0 amide bonds. The quantitative estimate of drug-likeness (QED) is 0.430. The van der Waals surface area contributed by atoms with Crippen molar-refractivity contribution in [2.75, 3.05) is 27.7 Å². The molecule has 23 heavy (non-hydrogen) atoms. The molecule has 0 radical (unpaired) electrons. The first kappa shape index (κ1) is 19.4. The molecule has 0 aliphatic carbocycles. The number of sulfonamides is 1. The van der Waals surface area contributed by atoms with Crippen molar-refractivity contribution in [1.82, 2.24) is 14.9 Å². The monoisotopic (exact) mass is 340 g/mol. The van der Waals surface area contributed by atoms with Crippen molar-refractivity contribution in [2.45, 2.75) is 37.6 Å². The van der Waals surface area contributed by atoms with Crippen LogP contribution in [0, 0.1) is 0 Å². The van der Waals surface area contributed by atoms with E-state index >= 15 is 0 Å². The molecule has 1 aromatic carbocycles. The minimum atomic E-state index is -3.37. The molecule has 1 rings (SSSR count). The maximum absolute atomic E-state index is 12.0. The van der Waals surface area contributed by atoms with Gasteiger partial charge in [-0.15, -0.1) is 0 Å². The molecule has 7 heteroatoms. The minimum Gasteiger partial charge on any atom is -0.356 e. The molecule has 0 aliphatic heterocycles. The first-order valence-electron chi connectivity index (χ1n) is 7.87. The van der Waals surface area contributed by atoms with Gasteiger partial charge in [0.15, 0.2) is 5.96 Å². The smallest absolute Gasteiger partial charge is 0.242 e. The van der Waals surface area contributed by atoms with E-state index in [9.17, 15) is 8.42 Å².